The summed E-state index contributed by atoms with van der Waals surface area (Å²) in [6.07, 6.45) is -5.35. The van der Waals surface area contributed by atoms with Gasteiger partial charge >= 0.3 is 13.3 Å². The van der Waals surface area contributed by atoms with Crippen LogP contribution in [0.5, 0.6) is 0 Å². The molecule has 1 aromatic rings. The van der Waals surface area contributed by atoms with E-state index in [1.807, 2.05) is 0 Å². The molecule has 0 unspecified atom stereocenters. The molecule has 0 aliphatic heterocycles. The van der Waals surface area contributed by atoms with Crippen LogP contribution in [0, 0.1) is 5.82 Å². The molecule has 0 aromatic heterocycles. The van der Waals surface area contributed by atoms with Gasteiger partial charge in [-0.05, 0) is 11.6 Å². The second-order valence-corrected chi connectivity index (χ2v) is 3.65. The number of alkyl halides is 3. The Kier molecular flexibility index (Phi) is 5.12. The summed E-state index contributed by atoms with van der Waals surface area (Å²) in [4.78, 5) is 0. The Hall–Kier alpha value is -1.12. The van der Waals surface area contributed by atoms with Crippen LogP contribution in [0.1, 0.15) is 12.0 Å². The van der Waals surface area contributed by atoms with E-state index in [1.54, 1.807) is 0 Å². The SMILES string of the molecule is OB(O)c1cc(COCCC(F)(F)F)ccc1F. The fourth-order valence-corrected chi connectivity index (χ4v) is 1.26. The first-order chi connectivity index (χ1) is 8.29. The highest BCUT2D eigenvalue weighted by Crippen LogP contribution is 2.19. The first-order valence-electron chi connectivity index (χ1n) is 5.08. The van der Waals surface area contributed by atoms with Gasteiger partial charge in [0.05, 0.1) is 19.6 Å². The van der Waals surface area contributed by atoms with E-state index in [0.29, 0.717) is 5.56 Å². The lowest BCUT2D eigenvalue weighted by molar-refractivity contribution is -0.146. The monoisotopic (exact) mass is 266 g/mol. The molecule has 0 heterocycles. The Balaban J connectivity index is 2.51. The highest BCUT2D eigenvalue weighted by molar-refractivity contribution is 6.58. The lowest BCUT2D eigenvalue weighted by Gasteiger charge is -2.09. The van der Waals surface area contributed by atoms with Crippen LogP contribution in [0.25, 0.3) is 0 Å². The third-order valence-corrected chi connectivity index (χ3v) is 2.14. The molecule has 2 N–H and O–H groups in total. The van der Waals surface area contributed by atoms with Gasteiger partial charge in [-0.25, -0.2) is 4.39 Å². The summed E-state index contributed by atoms with van der Waals surface area (Å²) in [5.41, 5.74) is 0.0218. The average Bonchev–Trinajstić information content (AvgIpc) is 2.24. The molecule has 0 aliphatic rings. The average molecular weight is 266 g/mol. The molecule has 0 atom stereocenters. The summed E-state index contributed by atoms with van der Waals surface area (Å²) in [6, 6.07) is 3.43. The van der Waals surface area contributed by atoms with Gasteiger partial charge in [-0.3, -0.25) is 0 Å². The second kappa shape index (κ2) is 6.17. The van der Waals surface area contributed by atoms with Crippen molar-refractivity contribution in [3.63, 3.8) is 0 Å². The first kappa shape index (κ1) is 14.9. The van der Waals surface area contributed by atoms with E-state index in [0.717, 1.165) is 12.1 Å². The predicted octanol–water partition coefficient (Wildman–Crippen LogP) is 0.974. The van der Waals surface area contributed by atoms with Gasteiger partial charge in [0.25, 0.3) is 0 Å². The number of benzene rings is 1. The topological polar surface area (TPSA) is 49.7 Å². The maximum Gasteiger partial charge on any atom is 0.491 e. The van der Waals surface area contributed by atoms with E-state index in [9.17, 15) is 17.6 Å². The molecule has 0 spiro atoms. The van der Waals surface area contributed by atoms with Gasteiger partial charge in [0, 0.05) is 5.46 Å². The van der Waals surface area contributed by atoms with Crippen LogP contribution in [0.15, 0.2) is 18.2 Å². The third kappa shape index (κ3) is 5.03. The maximum absolute atomic E-state index is 13.1. The van der Waals surface area contributed by atoms with E-state index in [2.05, 4.69) is 0 Å². The van der Waals surface area contributed by atoms with Crippen LogP contribution in [-0.2, 0) is 11.3 Å². The van der Waals surface area contributed by atoms with Crippen LogP contribution in [-0.4, -0.2) is 29.9 Å². The summed E-state index contributed by atoms with van der Waals surface area (Å²) in [5, 5.41) is 17.7. The summed E-state index contributed by atoms with van der Waals surface area (Å²) in [5.74, 6) is -0.802. The predicted molar refractivity (Wildman–Crippen MR) is 56.6 cm³/mol. The molecule has 0 amide bonds. The fraction of sp³-hybridized carbons (Fsp3) is 0.400. The van der Waals surface area contributed by atoms with Gasteiger partial charge in [0.15, 0.2) is 0 Å². The standard InChI is InChI=1S/C10H11BF4O3/c12-9-2-1-7(5-8(9)11(16)17)6-18-4-3-10(13,14)15/h1-2,5,16-17H,3-4,6H2. The third-order valence-electron chi connectivity index (χ3n) is 2.14. The van der Waals surface area contributed by atoms with Crippen LogP contribution in [0.2, 0.25) is 0 Å². The van der Waals surface area contributed by atoms with Crippen LogP contribution in [0.3, 0.4) is 0 Å². The van der Waals surface area contributed by atoms with Crippen LogP contribution >= 0.6 is 0 Å². The number of hydrogen-bond donors (Lipinski definition) is 2. The van der Waals surface area contributed by atoms with Crippen molar-refractivity contribution in [3.05, 3.63) is 29.6 Å². The van der Waals surface area contributed by atoms with Crippen molar-refractivity contribution in [2.75, 3.05) is 6.61 Å². The Morgan fingerprint density at radius 1 is 1.22 bits per heavy atom. The maximum atomic E-state index is 13.1. The minimum Gasteiger partial charge on any atom is -0.423 e. The van der Waals surface area contributed by atoms with E-state index in [4.69, 9.17) is 14.8 Å². The minimum atomic E-state index is -4.28. The number of ether oxygens (including phenoxy) is 1. The van der Waals surface area contributed by atoms with Gasteiger partial charge in [-0.1, -0.05) is 12.1 Å². The lowest BCUT2D eigenvalue weighted by Crippen LogP contribution is -2.33. The Morgan fingerprint density at radius 3 is 2.44 bits per heavy atom. The summed E-state index contributed by atoms with van der Waals surface area (Å²) >= 11 is 0. The highest BCUT2D eigenvalue weighted by atomic mass is 19.4. The molecule has 3 nitrogen and oxygen atoms in total. The summed E-state index contributed by atoms with van der Waals surface area (Å²) in [7, 11) is -1.97. The molecule has 1 aromatic carbocycles. The molecule has 0 fully saturated rings. The molecule has 1 rings (SSSR count). The van der Waals surface area contributed by atoms with Crippen LogP contribution in [0.4, 0.5) is 17.6 Å². The van der Waals surface area contributed by atoms with Gasteiger partial charge in [-0.2, -0.15) is 13.2 Å². The fourth-order valence-electron chi connectivity index (χ4n) is 1.26. The summed E-state index contributed by atoms with van der Waals surface area (Å²) < 4.78 is 53.2. The van der Waals surface area contributed by atoms with E-state index in [-0.39, 0.29) is 12.1 Å². The second-order valence-electron chi connectivity index (χ2n) is 3.65. The normalized spacial score (nSPS) is 11.7. The Bertz CT molecular complexity index is 395. The zero-order valence-corrected chi connectivity index (χ0v) is 9.25. The van der Waals surface area contributed by atoms with Crippen molar-refractivity contribution < 1.29 is 32.3 Å². The molecular weight excluding hydrogens is 255 g/mol. The zero-order valence-electron chi connectivity index (χ0n) is 9.25. The lowest BCUT2D eigenvalue weighted by atomic mass is 9.79. The molecule has 100 valence electrons. The number of rotatable bonds is 5. The quantitative estimate of drug-likeness (QED) is 0.474. The highest BCUT2D eigenvalue weighted by Gasteiger charge is 2.26. The van der Waals surface area contributed by atoms with Gasteiger partial charge < -0.3 is 14.8 Å². The largest absolute Gasteiger partial charge is 0.491 e. The molecular formula is C10H11BF4O3. The van der Waals surface area contributed by atoms with Crippen LogP contribution < -0.4 is 5.46 Å². The van der Waals surface area contributed by atoms with Gasteiger partial charge in [0.1, 0.15) is 5.82 Å². The van der Waals surface area contributed by atoms with Gasteiger partial charge in [-0.15, -0.1) is 0 Å². The molecule has 0 saturated heterocycles. The van der Waals surface area contributed by atoms with Crippen molar-refractivity contribution in [1.29, 1.82) is 0 Å². The van der Waals surface area contributed by atoms with Crippen molar-refractivity contribution in [2.45, 2.75) is 19.2 Å². The molecule has 0 aliphatic carbocycles. The van der Waals surface area contributed by atoms with E-state index in [1.165, 1.54) is 6.07 Å². The smallest absolute Gasteiger partial charge is 0.423 e. The van der Waals surface area contributed by atoms with Crippen molar-refractivity contribution in [3.8, 4) is 0 Å². The molecule has 0 saturated carbocycles. The molecule has 8 heteroatoms. The molecule has 0 radical (unpaired) electrons. The molecule has 0 bridgehead atoms. The number of halogens is 4. The Morgan fingerprint density at radius 2 is 1.89 bits per heavy atom. The van der Waals surface area contributed by atoms with E-state index >= 15 is 0 Å². The van der Waals surface area contributed by atoms with Gasteiger partial charge in [0.2, 0.25) is 0 Å². The molecule has 18 heavy (non-hydrogen) atoms. The van der Waals surface area contributed by atoms with Crippen molar-refractivity contribution in [1.82, 2.24) is 0 Å². The number of hydrogen-bond acceptors (Lipinski definition) is 3. The van der Waals surface area contributed by atoms with E-state index < -0.39 is 32.1 Å². The minimum absolute atomic E-state index is 0.157. The Labute approximate surface area is 101 Å². The summed E-state index contributed by atoms with van der Waals surface area (Å²) in [6.45, 7) is -0.659. The first-order valence-corrected chi connectivity index (χ1v) is 5.08. The van der Waals surface area contributed by atoms with Crippen molar-refractivity contribution >= 4 is 12.6 Å². The van der Waals surface area contributed by atoms with Crippen molar-refractivity contribution in [2.24, 2.45) is 0 Å². The zero-order chi connectivity index (χ0) is 13.8.